The van der Waals surface area contributed by atoms with Crippen LogP contribution in [-0.2, 0) is 20.7 Å². The van der Waals surface area contributed by atoms with Crippen molar-refractivity contribution < 1.29 is 23.9 Å². The molecule has 0 spiro atoms. The van der Waals surface area contributed by atoms with Crippen molar-refractivity contribution in [1.82, 2.24) is 4.98 Å². The average molecular weight is 423 g/mol. The normalized spacial score (nSPS) is 10.3. The maximum atomic E-state index is 12.3. The van der Waals surface area contributed by atoms with Crippen molar-refractivity contribution in [3.05, 3.63) is 51.3 Å². The summed E-state index contributed by atoms with van der Waals surface area (Å²) in [5.74, 6) is -1.71. The summed E-state index contributed by atoms with van der Waals surface area (Å²) in [4.78, 5) is 39.0. The highest BCUT2D eigenvalue weighted by Gasteiger charge is 2.24. The van der Waals surface area contributed by atoms with Gasteiger partial charge in [0.25, 0.3) is 5.91 Å². The van der Waals surface area contributed by atoms with E-state index in [1.54, 1.807) is 25.1 Å². The fourth-order valence-electron chi connectivity index (χ4n) is 2.46. The van der Waals surface area contributed by atoms with E-state index in [9.17, 15) is 14.4 Å². The number of hydrogen-bond donors (Lipinski definition) is 2. The number of carbonyl (C=O) groups excluding carboxylic acids is 3. The van der Waals surface area contributed by atoms with Crippen molar-refractivity contribution in [1.29, 1.82) is 0 Å². The molecule has 0 saturated heterocycles. The van der Waals surface area contributed by atoms with Crippen LogP contribution < -0.4 is 5.32 Å². The quantitative estimate of drug-likeness (QED) is 0.696. The minimum atomic E-state index is -0.713. The number of carbonyl (C=O) groups is 3. The van der Waals surface area contributed by atoms with Gasteiger partial charge in [0.05, 0.1) is 18.4 Å². The third-order valence-electron chi connectivity index (χ3n) is 3.76. The van der Waals surface area contributed by atoms with E-state index in [1.807, 2.05) is 13.0 Å². The standard InChI is InChI=1S/C18H19BrN2O5/c1-4-12-15(17(23)25-3)10(2)16(21-12)18(24)26-9-14(22)20-13-8-6-5-7-11(13)19/h5-8,21H,4,9H2,1-3H3,(H,20,22). The van der Waals surface area contributed by atoms with Gasteiger partial charge in [0, 0.05) is 10.2 Å². The van der Waals surface area contributed by atoms with E-state index >= 15 is 0 Å². The lowest BCUT2D eigenvalue weighted by atomic mass is 10.1. The van der Waals surface area contributed by atoms with E-state index < -0.39 is 24.5 Å². The van der Waals surface area contributed by atoms with E-state index in [0.717, 1.165) is 4.47 Å². The van der Waals surface area contributed by atoms with Crippen molar-refractivity contribution >= 4 is 39.5 Å². The SMILES string of the molecule is CCc1[nH]c(C(=O)OCC(=O)Nc2ccccc2Br)c(C)c1C(=O)OC. The molecule has 8 heteroatoms. The fourth-order valence-corrected chi connectivity index (χ4v) is 2.84. The van der Waals surface area contributed by atoms with Crippen LogP contribution in [-0.4, -0.2) is 36.5 Å². The number of halogens is 1. The van der Waals surface area contributed by atoms with Gasteiger partial charge in [-0.15, -0.1) is 0 Å². The molecule has 1 aromatic carbocycles. The highest BCUT2D eigenvalue weighted by molar-refractivity contribution is 9.10. The van der Waals surface area contributed by atoms with Crippen LogP contribution in [0.15, 0.2) is 28.7 Å². The minimum absolute atomic E-state index is 0.135. The lowest BCUT2D eigenvalue weighted by molar-refractivity contribution is -0.119. The van der Waals surface area contributed by atoms with E-state index in [0.29, 0.717) is 28.9 Å². The Labute approximate surface area is 159 Å². The summed E-state index contributed by atoms with van der Waals surface area (Å²) in [6, 6.07) is 7.09. The number of esters is 2. The van der Waals surface area contributed by atoms with Gasteiger partial charge in [0.1, 0.15) is 5.69 Å². The van der Waals surface area contributed by atoms with Gasteiger partial charge < -0.3 is 19.8 Å². The van der Waals surface area contributed by atoms with Crippen LogP contribution >= 0.6 is 15.9 Å². The Bertz CT molecular complexity index is 844. The third kappa shape index (κ3) is 4.32. The summed E-state index contributed by atoms with van der Waals surface area (Å²) in [7, 11) is 1.28. The predicted octanol–water partition coefficient (Wildman–Crippen LogP) is 3.23. The predicted molar refractivity (Wildman–Crippen MR) is 99.3 cm³/mol. The zero-order valence-corrected chi connectivity index (χ0v) is 16.2. The van der Waals surface area contributed by atoms with Crippen molar-refractivity contribution in [2.45, 2.75) is 20.3 Å². The molecule has 1 heterocycles. The molecular formula is C18H19BrN2O5. The summed E-state index contributed by atoms with van der Waals surface area (Å²) in [6.45, 7) is 3.02. The van der Waals surface area contributed by atoms with Gasteiger partial charge in [0.15, 0.2) is 6.61 Å². The molecule has 2 rings (SSSR count). The molecule has 26 heavy (non-hydrogen) atoms. The Morgan fingerprint density at radius 2 is 1.88 bits per heavy atom. The van der Waals surface area contributed by atoms with Crippen LogP contribution in [0.5, 0.6) is 0 Å². The van der Waals surface area contributed by atoms with Gasteiger partial charge in [-0.25, -0.2) is 9.59 Å². The largest absolute Gasteiger partial charge is 0.465 e. The number of benzene rings is 1. The molecule has 138 valence electrons. The number of ether oxygens (including phenoxy) is 2. The second-order valence-corrected chi connectivity index (χ2v) is 6.28. The lowest BCUT2D eigenvalue weighted by Gasteiger charge is -2.08. The second kappa shape index (κ2) is 8.66. The number of amides is 1. The summed E-state index contributed by atoms with van der Waals surface area (Å²) in [5, 5.41) is 2.64. The zero-order chi connectivity index (χ0) is 19.3. The highest BCUT2D eigenvalue weighted by Crippen LogP contribution is 2.22. The van der Waals surface area contributed by atoms with E-state index in [2.05, 4.69) is 26.2 Å². The number of para-hydroxylation sites is 1. The molecule has 2 aromatic rings. The Balaban J connectivity index is 2.06. The molecule has 0 saturated carbocycles. The highest BCUT2D eigenvalue weighted by atomic mass is 79.9. The number of hydrogen-bond acceptors (Lipinski definition) is 5. The first kappa shape index (κ1) is 19.7. The summed E-state index contributed by atoms with van der Waals surface area (Å²) >= 11 is 3.32. The summed E-state index contributed by atoms with van der Waals surface area (Å²) in [6.07, 6.45) is 0.515. The van der Waals surface area contributed by atoms with Gasteiger partial charge in [-0.2, -0.15) is 0 Å². The first-order valence-corrected chi connectivity index (χ1v) is 8.69. The fraction of sp³-hybridized carbons (Fsp3) is 0.278. The Morgan fingerprint density at radius 1 is 1.19 bits per heavy atom. The van der Waals surface area contributed by atoms with Crippen LogP contribution in [0, 0.1) is 6.92 Å². The minimum Gasteiger partial charge on any atom is -0.465 e. The number of rotatable bonds is 6. The molecule has 0 unspecified atom stereocenters. The van der Waals surface area contributed by atoms with Crippen molar-refractivity contribution in [3.8, 4) is 0 Å². The van der Waals surface area contributed by atoms with Crippen molar-refractivity contribution in [2.24, 2.45) is 0 Å². The van der Waals surface area contributed by atoms with Crippen molar-refractivity contribution in [3.63, 3.8) is 0 Å². The number of aromatic nitrogens is 1. The Hall–Kier alpha value is -2.61. The molecule has 1 amide bonds. The molecule has 2 N–H and O–H groups in total. The lowest BCUT2D eigenvalue weighted by Crippen LogP contribution is -2.21. The maximum Gasteiger partial charge on any atom is 0.355 e. The number of aromatic amines is 1. The smallest absolute Gasteiger partial charge is 0.355 e. The third-order valence-corrected chi connectivity index (χ3v) is 4.45. The van der Waals surface area contributed by atoms with Crippen LogP contribution in [0.25, 0.3) is 0 Å². The summed E-state index contributed by atoms with van der Waals surface area (Å²) < 4.78 is 10.5. The number of aryl methyl sites for hydroxylation is 1. The maximum absolute atomic E-state index is 12.3. The molecule has 0 atom stereocenters. The van der Waals surface area contributed by atoms with Crippen LogP contribution in [0.2, 0.25) is 0 Å². The van der Waals surface area contributed by atoms with Crippen LogP contribution in [0.4, 0.5) is 5.69 Å². The van der Waals surface area contributed by atoms with E-state index in [1.165, 1.54) is 7.11 Å². The number of H-pyrrole nitrogens is 1. The first-order valence-electron chi connectivity index (χ1n) is 7.90. The molecule has 7 nitrogen and oxygen atoms in total. The Kier molecular flexibility index (Phi) is 6.57. The number of anilines is 1. The van der Waals surface area contributed by atoms with Gasteiger partial charge in [0.2, 0.25) is 0 Å². The Morgan fingerprint density at radius 3 is 2.50 bits per heavy atom. The monoisotopic (exact) mass is 422 g/mol. The van der Waals surface area contributed by atoms with Gasteiger partial charge in [-0.3, -0.25) is 4.79 Å². The first-order chi connectivity index (χ1) is 12.4. The van der Waals surface area contributed by atoms with Gasteiger partial charge in [-0.1, -0.05) is 19.1 Å². The molecule has 0 aliphatic heterocycles. The zero-order valence-electron chi connectivity index (χ0n) is 14.6. The van der Waals surface area contributed by atoms with E-state index in [-0.39, 0.29) is 5.69 Å². The molecule has 0 aliphatic rings. The molecule has 1 aromatic heterocycles. The molecular weight excluding hydrogens is 404 g/mol. The summed E-state index contributed by atoms with van der Waals surface area (Å²) in [5.41, 5.74) is 2.05. The number of nitrogens with one attached hydrogen (secondary N) is 2. The second-order valence-electron chi connectivity index (χ2n) is 5.43. The molecule has 0 radical (unpaired) electrons. The van der Waals surface area contributed by atoms with Crippen LogP contribution in [0.1, 0.15) is 39.0 Å². The molecule has 0 aliphatic carbocycles. The number of methoxy groups -OCH3 is 1. The average Bonchev–Trinajstić information content (AvgIpc) is 2.97. The van der Waals surface area contributed by atoms with Gasteiger partial charge >= 0.3 is 11.9 Å². The molecule has 0 fully saturated rings. The van der Waals surface area contributed by atoms with Crippen LogP contribution in [0.3, 0.4) is 0 Å². The van der Waals surface area contributed by atoms with E-state index in [4.69, 9.17) is 9.47 Å². The van der Waals surface area contributed by atoms with Crippen molar-refractivity contribution in [2.75, 3.05) is 19.0 Å². The van der Waals surface area contributed by atoms with Gasteiger partial charge in [-0.05, 0) is 47.0 Å². The topological polar surface area (TPSA) is 97.5 Å². The molecule has 0 bridgehead atoms.